The Bertz CT molecular complexity index is 407. The van der Waals surface area contributed by atoms with E-state index in [0.717, 1.165) is 25.8 Å². The molecular weight excluding hydrogens is 234 g/mol. The van der Waals surface area contributed by atoms with Gasteiger partial charge in [-0.1, -0.05) is 38.0 Å². The van der Waals surface area contributed by atoms with Gasteiger partial charge in [-0.05, 0) is 31.9 Å². The van der Waals surface area contributed by atoms with Crippen LogP contribution in [-0.2, 0) is 0 Å². The molecule has 3 heteroatoms. The molecule has 0 spiro atoms. The van der Waals surface area contributed by atoms with Crippen LogP contribution in [0.5, 0.6) is 0 Å². The number of amidine groups is 1. The van der Waals surface area contributed by atoms with Crippen LogP contribution in [0.3, 0.4) is 0 Å². The summed E-state index contributed by atoms with van der Waals surface area (Å²) < 4.78 is 0. The lowest BCUT2D eigenvalue weighted by molar-refractivity contribution is 0.442. The lowest BCUT2D eigenvalue weighted by atomic mass is 9.86. The molecule has 0 saturated carbocycles. The lowest BCUT2D eigenvalue weighted by Gasteiger charge is -2.24. The molecule has 0 heterocycles. The zero-order valence-corrected chi connectivity index (χ0v) is 12.7. The van der Waals surface area contributed by atoms with Crippen molar-refractivity contribution in [3.63, 3.8) is 0 Å². The molecule has 0 aromatic heterocycles. The minimum Gasteiger partial charge on any atom is -0.387 e. The van der Waals surface area contributed by atoms with Crippen LogP contribution in [0.15, 0.2) is 24.3 Å². The molecule has 0 aliphatic rings. The molecule has 0 bridgehead atoms. The van der Waals surface area contributed by atoms with E-state index >= 15 is 0 Å². The Morgan fingerprint density at radius 2 is 1.79 bits per heavy atom. The van der Waals surface area contributed by atoms with Gasteiger partial charge in [0.2, 0.25) is 0 Å². The first kappa shape index (κ1) is 15.5. The fraction of sp³-hybridized carbons (Fsp3) is 0.562. The van der Waals surface area contributed by atoms with Crippen molar-refractivity contribution in [1.82, 2.24) is 0 Å². The van der Waals surface area contributed by atoms with Crippen molar-refractivity contribution in [2.24, 2.45) is 11.1 Å². The van der Waals surface area contributed by atoms with E-state index in [1.165, 1.54) is 11.3 Å². The summed E-state index contributed by atoms with van der Waals surface area (Å²) in [6.45, 7) is 7.22. The number of nitrogens with one attached hydrogen (secondary N) is 1. The average molecular weight is 261 g/mol. The monoisotopic (exact) mass is 261 g/mol. The quantitative estimate of drug-likeness (QED) is 0.448. The molecule has 0 aliphatic carbocycles. The molecule has 3 N–H and O–H groups in total. The molecule has 1 aromatic carbocycles. The zero-order chi connectivity index (χ0) is 14.5. The summed E-state index contributed by atoms with van der Waals surface area (Å²) in [6, 6.07) is 8.61. The number of nitrogens with zero attached hydrogens (tertiary/aromatic N) is 1. The summed E-state index contributed by atoms with van der Waals surface area (Å²) in [6.07, 6.45) is 3.20. The SMILES string of the molecule is Cc1ccc(N(C)CCCCC(C)(C)C(=N)N)cc1. The second-order valence-electron chi connectivity index (χ2n) is 6.01. The van der Waals surface area contributed by atoms with Crippen LogP contribution in [0, 0.1) is 17.7 Å². The Kier molecular flexibility index (Phi) is 5.40. The van der Waals surface area contributed by atoms with Gasteiger partial charge in [0.1, 0.15) is 0 Å². The maximum Gasteiger partial charge on any atom is 0.0963 e. The van der Waals surface area contributed by atoms with Crippen molar-refractivity contribution in [2.45, 2.75) is 40.0 Å². The fourth-order valence-electron chi connectivity index (χ4n) is 1.98. The van der Waals surface area contributed by atoms with Crippen LogP contribution >= 0.6 is 0 Å². The molecule has 0 atom stereocenters. The summed E-state index contributed by atoms with van der Waals surface area (Å²) in [7, 11) is 2.13. The first-order valence-electron chi connectivity index (χ1n) is 6.95. The zero-order valence-electron chi connectivity index (χ0n) is 12.7. The third-order valence-corrected chi connectivity index (χ3v) is 3.75. The van der Waals surface area contributed by atoms with E-state index in [1.54, 1.807) is 0 Å². The number of aryl methyl sites for hydroxylation is 1. The van der Waals surface area contributed by atoms with Gasteiger partial charge in [-0.3, -0.25) is 5.41 Å². The predicted molar refractivity (Wildman–Crippen MR) is 84.0 cm³/mol. The van der Waals surface area contributed by atoms with E-state index in [0.29, 0.717) is 5.84 Å². The highest BCUT2D eigenvalue weighted by molar-refractivity contribution is 5.82. The first-order valence-corrected chi connectivity index (χ1v) is 6.95. The van der Waals surface area contributed by atoms with E-state index in [4.69, 9.17) is 11.1 Å². The van der Waals surface area contributed by atoms with Gasteiger partial charge in [-0.15, -0.1) is 0 Å². The summed E-state index contributed by atoms with van der Waals surface area (Å²) in [5.74, 6) is 0.291. The van der Waals surface area contributed by atoms with Gasteiger partial charge in [-0.25, -0.2) is 0 Å². The Morgan fingerprint density at radius 3 is 2.32 bits per heavy atom. The Hall–Kier alpha value is -1.51. The molecule has 1 rings (SSSR count). The Morgan fingerprint density at radius 1 is 1.21 bits per heavy atom. The van der Waals surface area contributed by atoms with E-state index in [-0.39, 0.29) is 5.41 Å². The van der Waals surface area contributed by atoms with Crippen LogP contribution < -0.4 is 10.6 Å². The van der Waals surface area contributed by atoms with Gasteiger partial charge in [-0.2, -0.15) is 0 Å². The summed E-state index contributed by atoms with van der Waals surface area (Å²) in [4.78, 5) is 2.28. The second-order valence-corrected chi connectivity index (χ2v) is 6.01. The maximum atomic E-state index is 7.54. The fourth-order valence-corrected chi connectivity index (χ4v) is 1.98. The van der Waals surface area contributed by atoms with Gasteiger partial charge in [0, 0.05) is 24.7 Å². The summed E-state index contributed by atoms with van der Waals surface area (Å²) >= 11 is 0. The third-order valence-electron chi connectivity index (χ3n) is 3.75. The summed E-state index contributed by atoms with van der Waals surface area (Å²) in [5, 5.41) is 7.54. The highest BCUT2D eigenvalue weighted by Gasteiger charge is 2.20. The molecule has 3 nitrogen and oxygen atoms in total. The largest absolute Gasteiger partial charge is 0.387 e. The van der Waals surface area contributed by atoms with Crippen LogP contribution in [0.4, 0.5) is 5.69 Å². The minimum atomic E-state index is -0.164. The van der Waals surface area contributed by atoms with E-state index in [1.807, 2.05) is 13.8 Å². The normalized spacial score (nSPS) is 11.4. The second kappa shape index (κ2) is 6.60. The van der Waals surface area contributed by atoms with Crippen LogP contribution in [0.1, 0.15) is 38.7 Å². The smallest absolute Gasteiger partial charge is 0.0963 e. The molecule has 0 radical (unpaired) electrons. The number of hydrogen-bond donors (Lipinski definition) is 2. The molecule has 106 valence electrons. The highest BCUT2D eigenvalue weighted by atomic mass is 15.1. The van der Waals surface area contributed by atoms with Crippen molar-refractivity contribution in [3.8, 4) is 0 Å². The van der Waals surface area contributed by atoms with E-state index < -0.39 is 0 Å². The van der Waals surface area contributed by atoms with E-state index in [2.05, 4.69) is 43.1 Å². The molecule has 19 heavy (non-hydrogen) atoms. The van der Waals surface area contributed by atoms with Gasteiger partial charge in [0.25, 0.3) is 0 Å². The lowest BCUT2D eigenvalue weighted by Crippen LogP contribution is -2.31. The number of nitrogens with two attached hydrogens (primary N) is 1. The first-order chi connectivity index (χ1) is 8.83. The van der Waals surface area contributed by atoms with Crippen molar-refractivity contribution in [2.75, 3.05) is 18.5 Å². The van der Waals surface area contributed by atoms with Gasteiger partial charge in [0.15, 0.2) is 0 Å². The van der Waals surface area contributed by atoms with Crippen molar-refractivity contribution in [1.29, 1.82) is 5.41 Å². The van der Waals surface area contributed by atoms with Crippen LogP contribution in [0.2, 0.25) is 0 Å². The van der Waals surface area contributed by atoms with Crippen LogP contribution in [-0.4, -0.2) is 19.4 Å². The molecular formula is C16H27N3. The molecule has 0 saturated heterocycles. The topological polar surface area (TPSA) is 53.1 Å². The van der Waals surface area contributed by atoms with E-state index in [9.17, 15) is 0 Å². The number of benzene rings is 1. The Balaban J connectivity index is 2.33. The Labute approximate surface area is 117 Å². The van der Waals surface area contributed by atoms with Gasteiger partial charge < -0.3 is 10.6 Å². The van der Waals surface area contributed by atoms with Gasteiger partial charge in [0.05, 0.1) is 5.84 Å². The van der Waals surface area contributed by atoms with Crippen molar-refractivity contribution in [3.05, 3.63) is 29.8 Å². The third kappa shape index (κ3) is 4.93. The maximum absolute atomic E-state index is 7.54. The average Bonchev–Trinajstić information content (AvgIpc) is 2.35. The molecule has 0 aliphatic heterocycles. The molecule has 1 aromatic rings. The standard InChI is InChI=1S/C16H27N3/c1-13-7-9-14(10-8-13)19(4)12-6-5-11-16(2,3)15(17)18/h7-10H,5-6,11-12H2,1-4H3,(H3,17,18). The number of unbranched alkanes of at least 4 members (excludes halogenated alkanes) is 1. The van der Waals surface area contributed by atoms with Gasteiger partial charge >= 0.3 is 0 Å². The highest BCUT2D eigenvalue weighted by Crippen LogP contribution is 2.23. The van der Waals surface area contributed by atoms with Crippen molar-refractivity contribution < 1.29 is 0 Å². The molecule has 0 amide bonds. The predicted octanol–water partition coefficient (Wildman–Crippen LogP) is 3.56. The summed E-state index contributed by atoms with van der Waals surface area (Å²) in [5.41, 5.74) is 7.98. The van der Waals surface area contributed by atoms with Crippen molar-refractivity contribution >= 4 is 11.5 Å². The van der Waals surface area contributed by atoms with Crippen LogP contribution in [0.25, 0.3) is 0 Å². The minimum absolute atomic E-state index is 0.164. The molecule has 0 fully saturated rings. The number of hydrogen-bond acceptors (Lipinski definition) is 2. The number of anilines is 1. The number of rotatable bonds is 7. The molecule has 0 unspecified atom stereocenters.